The van der Waals surface area contributed by atoms with E-state index in [4.69, 9.17) is 11.0 Å². The molecule has 0 aromatic carbocycles. The molecule has 0 spiro atoms. The lowest BCUT2D eigenvalue weighted by atomic mass is 9.77. The molecule has 10 heteroatoms. The van der Waals surface area contributed by atoms with Crippen molar-refractivity contribution in [2.24, 2.45) is 17.6 Å². The zero-order valence-corrected chi connectivity index (χ0v) is 16.0. The van der Waals surface area contributed by atoms with Crippen LogP contribution in [0.15, 0.2) is 10.6 Å². The Balaban J connectivity index is 2.26. The molecule has 9 nitrogen and oxygen atoms in total. The van der Waals surface area contributed by atoms with Gasteiger partial charge in [-0.3, -0.25) is 9.59 Å². The molecule has 2 heterocycles. The molecular weight excluding hydrogens is 372 g/mol. The Morgan fingerprint density at radius 1 is 1.44 bits per heavy atom. The molecule has 1 fully saturated rings. The van der Waals surface area contributed by atoms with Crippen LogP contribution in [0.3, 0.4) is 0 Å². The normalized spacial score (nSPS) is 26.1. The van der Waals surface area contributed by atoms with Crippen LogP contribution >= 0.6 is 11.8 Å². The fraction of sp³-hybridized carbons (Fsp3) is 0.647. The van der Waals surface area contributed by atoms with Crippen LogP contribution in [-0.2, 0) is 14.4 Å². The van der Waals surface area contributed by atoms with Gasteiger partial charge in [0, 0.05) is 29.5 Å². The number of nitrogens with two attached hydrogens (primary N) is 1. The summed E-state index contributed by atoms with van der Waals surface area (Å²) in [7, 11) is 0. The summed E-state index contributed by atoms with van der Waals surface area (Å²) in [6.45, 7) is 3.34. The second kappa shape index (κ2) is 8.73. The van der Waals surface area contributed by atoms with Crippen LogP contribution in [-0.4, -0.2) is 63.4 Å². The van der Waals surface area contributed by atoms with E-state index in [0.29, 0.717) is 17.1 Å². The van der Waals surface area contributed by atoms with Gasteiger partial charge in [0.2, 0.25) is 11.8 Å². The molecule has 2 amide bonds. The number of thioether (sulfide) groups is 1. The quantitative estimate of drug-likeness (QED) is 0.303. The lowest BCUT2D eigenvalue weighted by Crippen LogP contribution is -2.64. The summed E-state index contributed by atoms with van der Waals surface area (Å²) in [5.41, 5.74) is 5.45. The van der Waals surface area contributed by atoms with Gasteiger partial charge in [0.05, 0.1) is 30.2 Å². The summed E-state index contributed by atoms with van der Waals surface area (Å²) in [4.78, 5) is 37.7. The topological polar surface area (TPSA) is 157 Å². The Labute approximate surface area is 161 Å². The minimum absolute atomic E-state index is 0.0756. The predicted molar refractivity (Wildman–Crippen MR) is 97.9 cm³/mol. The van der Waals surface area contributed by atoms with Crippen LogP contribution in [0, 0.1) is 23.2 Å². The summed E-state index contributed by atoms with van der Waals surface area (Å²) in [5.74, 6) is -2.54. The van der Waals surface area contributed by atoms with E-state index >= 15 is 0 Å². The number of aliphatic hydroxyl groups is 1. The van der Waals surface area contributed by atoms with Crippen molar-refractivity contribution in [3.8, 4) is 6.07 Å². The van der Waals surface area contributed by atoms with Crippen LogP contribution in [0.5, 0.6) is 0 Å². The first-order valence-corrected chi connectivity index (χ1v) is 9.72. The Morgan fingerprint density at radius 2 is 2.11 bits per heavy atom. The van der Waals surface area contributed by atoms with Gasteiger partial charge >= 0.3 is 5.97 Å². The number of nitrogens with zero attached hydrogens (tertiary/aromatic N) is 2. The van der Waals surface area contributed by atoms with Crippen molar-refractivity contribution in [3.63, 3.8) is 0 Å². The first kappa shape index (κ1) is 21.2. The SMILES string of the molecule is C[C@@H](N)C(=O)NCC[C@H]1C(SCCC#N)=C(C(=O)O)N2C(=O)[C@H]([C@@H](C)O)[C@@H]12. The van der Waals surface area contributed by atoms with Gasteiger partial charge in [-0.1, -0.05) is 0 Å². The van der Waals surface area contributed by atoms with Crippen molar-refractivity contribution in [2.45, 2.75) is 44.9 Å². The molecule has 2 aliphatic rings. The molecule has 5 atom stereocenters. The molecule has 0 aliphatic carbocycles. The van der Waals surface area contributed by atoms with Crippen molar-refractivity contribution in [2.75, 3.05) is 12.3 Å². The maximum Gasteiger partial charge on any atom is 0.353 e. The van der Waals surface area contributed by atoms with Gasteiger partial charge in [-0.25, -0.2) is 4.79 Å². The standard InChI is InChI=1S/C17H24N4O5S/c1-8(19)15(23)20-6-4-10-12-11(9(2)22)16(24)21(12)13(17(25)26)14(10)27-7-3-5-18/h8-12,22H,3-4,6-7,19H2,1-2H3,(H,20,23)(H,25,26)/t8-,9-,10-,11-,12-/m1/s1. The number of rotatable bonds is 9. The number of nitriles is 1. The molecule has 2 rings (SSSR count). The number of nitrogens with one attached hydrogen (secondary N) is 1. The zero-order chi connectivity index (χ0) is 20.3. The van der Waals surface area contributed by atoms with E-state index < -0.39 is 36.0 Å². The zero-order valence-electron chi connectivity index (χ0n) is 15.2. The third-order valence-corrected chi connectivity index (χ3v) is 5.99. The van der Waals surface area contributed by atoms with Gasteiger partial charge in [0.25, 0.3) is 0 Å². The molecule has 2 aliphatic heterocycles. The highest BCUT2D eigenvalue weighted by molar-refractivity contribution is 8.03. The van der Waals surface area contributed by atoms with Crippen molar-refractivity contribution in [3.05, 3.63) is 10.6 Å². The fourth-order valence-corrected chi connectivity index (χ4v) is 4.77. The third kappa shape index (κ3) is 4.10. The molecule has 0 saturated carbocycles. The van der Waals surface area contributed by atoms with Crippen LogP contribution < -0.4 is 11.1 Å². The molecule has 0 unspecified atom stereocenters. The molecule has 27 heavy (non-hydrogen) atoms. The molecule has 0 aromatic heterocycles. The maximum absolute atomic E-state index is 12.4. The molecule has 0 radical (unpaired) electrons. The number of carbonyl (C=O) groups excluding carboxylic acids is 2. The number of hydrogen-bond donors (Lipinski definition) is 4. The van der Waals surface area contributed by atoms with Crippen molar-refractivity contribution >= 4 is 29.5 Å². The summed E-state index contributed by atoms with van der Waals surface area (Å²) < 4.78 is 0. The Kier molecular flexibility index (Phi) is 6.86. The number of β-lactam (4-membered cyclic amide) rings is 1. The number of carboxylic acids is 1. The van der Waals surface area contributed by atoms with Crippen LogP contribution in [0.1, 0.15) is 26.7 Å². The number of carbonyl (C=O) groups is 3. The lowest BCUT2D eigenvalue weighted by Gasteiger charge is -2.47. The minimum Gasteiger partial charge on any atom is -0.477 e. The van der Waals surface area contributed by atoms with Gasteiger partial charge in [0.15, 0.2) is 0 Å². The molecule has 1 saturated heterocycles. The number of fused-ring (bicyclic) bond motifs is 1. The molecule has 148 valence electrons. The number of amides is 2. The van der Waals surface area contributed by atoms with Crippen LogP contribution in [0.2, 0.25) is 0 Å². The van der Waals surface area contributed by atoms with Crippen molar-refractivity contribution < 1.29 is 24.6 Å². The number of aliphatic carboxylic acids is 1. The first-order valence-electron chi connectivity index (χ1n) is 8.74. The third-order valence-electron chi connectivity index (χ3n) is 4.77. The molecule has 0 bridgehead atoms. The average molecular weight is 396 g/mol. The lowest BCUT2D eigenvalue weighted by molar-refractivity contribution is -0.163. The summed E-state index contributed by atoms with van der Waals surface area (Å²) in [5, 5.41) is 31.1. The first-order chi connectivity index (χ1) is 12.7. The van der Waals surface area contributed by atoms with Gasteiger partial charge < -0.3 is 26.2 Å². The summed E-state index contributed by atoms with van der Waals surface area (Å²) >= 11 is 1.24. The van der Waals surface area contributed by atoms with Crippen molar-refractivity contribution in [1.29, 1.82) is 5.26 Å². The van der Waals surface area contributed by atoms with E-state index in [2.05, 4.69) is 5.32 Å². The Morgan fingerprint density at radius 3 is 2.63 bits per heavy atom. The summed E-state index contributed by atoms with van der Waals surface area (Å²) in [6.07, 6.45) is -0.256. The van der Waals surface area contributed by atoms with E-state index in [-0.39, 0.29) is 30.5 Å². The number of carboxylic acid groups (broad SMARTS) is 1. The Hall–Kier alpha value is -2.09. The van der Waals surface area contributed by atoms with Crippen molar-refractivity contribution in [1.82, 2.24) is 10.2 Å². The summed E-state index contributed by atoms with van der Waals surface area (Å²) in [6, 6.07) is 0.897. The van der Waals surface area contributed by atoms with Gasteiger partial charge in [-0.05, 0) is 20.3 Å². The highest BCUT2D eigenvalue weighted by Crippen LogP contribution is 2.51. The molecule has 5 N–H and O–H groups in total. The molecular formula is C17H24N4O5S. The smallest absolute Gasteiger partial charge is 0.353 e. The van der Waals surface area contributed by atoms with Gasteiger partial charge in [-0.15, -0.1) is 11.8 Å². The van der Waals surface area contributed by atoms with E-state index in [1.165, 1.54) is 23.6 Å². The second-order valence-corrected chi connectivity index (χ2v) is 7.85. The highest BCUT2D eigenvalue weighted by Gasteiger charge is 2.60. The van der Waals surface area contributed by atoms with Gasteiger partial charge in [0.1, 0.15) is 5.70 Å². The number of aliphatic hydroxyl groups excluding tert-OH is 1. The van der Waals surface area contributed by atoms with E-state index in [9.17, 15) is 24.6 Å². The largest absolute Gasteiger partial charge is 0.477 e. The van der Waals surface area contributed by atoms with Gasteiger partial charge in [-0.2, -0.15) is 5.26 Å². The Bertz CT molecular complexity index is 700. The average Bonchev–Trinajstić information content (AvgIpc) is 2.85. The second-order valence-electron chi connectivity index (χ2n) is 6.71. The fourth-order valence-electron chi connectivity index (χ4n) is 3.57. The van der Waals surface area contributed by atoms with E-state index in [0.717, 1.165) is 0 Å². The predicted octanol–water partition coefficient (Wildman–Crippen LogP) is -0.379. The highest BCUT2D eigenvalue weighted by atomic mass is 32.2. The minimum atomic E-state index is -1.21. The van der Waals surface area contributed by atoms with Crippen LogP contribution in [0.25, 0.3) is 0 Å². The number of hydrogen-bond acceptors (Lipinski definition) is 7. The van der Waals surface area contributed by atoms with Crippen LogP contribution in [0.4, 0.5) is 0 Å². The van der Waals surface area contributed by atoms with E-state index in [1.54, 1.807) is 6.92 Å². The van der Waals surface area contributed by atoms with E-state index in [1.807, 2.05) is 6.07 Å². The molecule has 0 aromatic rings. The maximum atomic E-state index is 12.4. The monoisotopic (exact) mass is 396 g/mol.